The van der Waals surface area contributed by atoms with Crippen LogP contribution in [-0.2, 0) is 28.7 Å². The number of carbonyl (C=O) groups excluding carboxylic acids is 2. The Balaban J connectivity index is 0.000000396. The summed E-state index contributed by atoms with van der Waals surface area (Å²) in [6.45, 7) is 4.46. The lowest BCUT2D eigenvalue weighted by Crippen LogP contribution is -2.15. The Labute approximate surface area is 117 Å². The van der Waals surface area contributed by atoms with Crippen LogP contribution in [0.3, 0.4) is 0 Å². The fourth-order valence-electron chi connectivity index (χ4n) is 0.980. The Kier molecular flexibility index (Phi) is 10.2. The smallest absolute Gasteiger partial charge is 0.334 e. The van der Waals surface area contributed by atoms with E-state index in [4.69, 9.17) is 10.1 Å². The molecule has 114 valence electrons. The monoisotopic (exact) mass is 289 g/mol. The molecular weight excluding hydrogens is 270 g/mol. The summed E-state index contributed by atoms with van der Waals surface area (Å²) in [5.41, 5.74) is 0. The van der Waals surface area contributed by atoms with Gasteiger partial charge in [-0.2, -0.15) is 10.3 Å². The maximum absolute atomic E-state index is 10.7. The predicted octanol–water partition coefficient (Wildman–Crippen LogP) is -0.871. The zero-order valence-electron chi connectivity index (χ0n) is 11.5. The normalized spacial score (nSPS) is 19.1. The standard InChI is InChI=1S/C7H10N2O3.C4H9NO3/c1-2-11-7(10)5-12-9-4-6(9)3-8;1-2-7-4(6)3-8-5/h6H,2,4-5H2,1H3;2-3,5H2,1H3. The van der Waals surface area contributed by atoms with Crippen molar-refractivity contribution in [1.82, 2.24) is 5.06 Å². The first kappa shape index (κ1) is 18.3. The van der Waals surface area contributed by atoms with Crippen molar-refractivity contribution >= 4 is 11.9 Å². The summed E-state index contributed by atoms with van der Waals surface area (Å²) < 4.78 is 9.05. The van der Waals surface area contributed by atoms with Crippen LogP contribution in [0.5, 0.6) is 0 Å². The van der Waals surface area contributed by atoms with Crippen molar-refractivity contribution in [2.45, 2.75) is 19.9 Å². The molecule has 1 heterocycles. The van der Waals surface area contributed by atoms with Gasteiger partial charge < -0.3 is 9.47 Å². The van der Waals surface area contributed by atoms with Crippen molar-refractivity contribution < 1.29 is 28.7 Å². The third-order valence-electron chi connectivity index (χ3n) is 1.88. The summed E-state index contributed by atoms with van der Waals surface area (Å²) in [7, 11) is 0. The second-order valence-electron chi connectivity index (χ2n) is 3.44. The predicted molar refractivity (Wildman–Crippen MR) is 65.5 cm³/mol. The van der Waals surface area contributed by atoms with Crippen LogP contribution in [0.1, 0.15) is 13.8 Å². The SMILES string of the molecule is CCOC(=O)CON.CCOC(=O)CON1CC1C#N. The molecule has 9 heteroatoms. The molecule has 0 bridgehead atoms. The lowest BCUT2D eigenvalue weighted by atomic mass is 10.6. The summed E-state index contributed by atoms with van der Waals surface area (Å²) in [6.07, 6.45) is 0. The Bertz CT molecular complexity index is 336. The quantitative estimate of drug-likeness (QED) is 0.361. The highest BCUT2D eigenvalue weighted by atomic mass is 16.7. The minimum Gasteiger partial charge on any atom is -0.464 e. The number of ether oxygens (including phenoxy) is 2. The second-order valence-corrected chi connectivity index (χ2v) is 3.44. The van der Waals surface area contributed by atoms with E-state index in [0.29, 0.717) is 19.8 Å². The molecule has 2 atom stereocenters. The Hall–Kier alpha value is -1.73. The van der Waals surface area contributed by atoms with Crippen LogP contribution in [0.4, 0.5) is 0 Å². The van der Waals surface area contributed by atoms with Crippen molar-refractivity contribution in [3.8, 4) is 6.07 Å². The minimum absolute atomic E-state index is 0.105. The molecule has 0 saturated carbocycles. The van der Waals surface area contributed by atoms with Crippen molar-refractivity contribution in [3.63, 3.8) is 0 Å². The molecule has 1 fully saturated rings. The van der Waals surface area contributed by atoms with Gasteiger partial charge in [-0.05, 0) is 13.8 Å². The van der Waals surface area contributed by atoms with Crippen LogP contribution >= 0.6 is 0 Å². The van der Waals surface area contributed by atoms with Gasteiger partial charge in [0.2, 0.25) is 0 Å². The number of esters is 2. The van der Waals surface area contributed by atoms with Gasteiger partial charge >= 0.3 is 11.9 Å². The Morgan fingerprint density at radius 1 is 1.25 bits per heavy atom. The number of nitriles is 1. The van der Waals surface area contributed by atoms with Gasteiger partial charge in [-0.1, -0.05) is 0 Å². The molecule has 0 aromatic carbocycles. The molecule has 2 unspecified atom stereocenters. The number of rotatable bonds is 7. The van der Waals surface area contributed by atoms with Crippen LogP contribution in [0, 0.1) is 11.3 Å². The summed E-state index contributed by atoms with van der Waals surface area (Å²) in [5, 5.41) is 9.80. The Morgan fingerprint density at radius 2 is 1.80 bits per heavy atom. The average molecular weight is 289 g/mol. The lowest BCUT2D eigenvalue weighted by molar-refractivity contribution is -0.160. The van der Waals surface area contributed by atoms with Crippen molar-refractivity contribution in [2.75, 3.05) is 33.0 Å². The van der Waals surface area contributed by atoms with Gasteiger partial charge in [-0.3, -0.25) is 9.68 Å². The zero-order valence-corrected chi connectivity index (χ0v) is 11.5. The lowest BCUT2D eigenvalue weighted by Gasteiger charge is -2.02. The van der Waals surface area contributed by atoms with Crippen LogP contribution in [-0.4, -0.2) is 56.0 Å². The van der Waals surface area contributed by atoms with Gasteiger partial charge in [0.15, 0.2) is 13.2 Å². The number of nitrogens with zero attached hydrogens (tertiary/aromatic N) is 2. The third-order valence-corrected chi connectivity index (χ3v) is 1.88. The highest BCUT2D eigenvalue weighted by Crippen LogP contribution is 2.15. The number of nitrogens with two attached hydrogens (primary N) is 1. The highest BCUT2D eigenvalue weighted by Gasteiger charge is 2.36. The average Bonchev–Trinajstić information content (AvgIpc) is 3.17. The molecule has 1 aliphatic heterocycles. The molecule has 1 rings (SSSR count). The molecule has 20 heavy (non-hydrogen) atoms. The van der Waals surface area contributed by atoms with Gasteiger partial charge in [-0.15, -0.1) is 0 Å². The van der Waals surface area contributed by atoms with Crippen molar-refractivity contribution in [2.24, 2.45) is 5.90 Å². The zero-order chi connectivity index (χ0) is 15.4. The molecule has 0 spiro atoms. The minimum atomic E-state index is -0.435. The van der Waals surface area contributed by atoms with Gasteiger partial charge in [-0.25, -0.2) is 15.5 Å². The molecule has 0 aromatic heterocycles. The number of hydrogen-bond acceptors (Lipinski definition) is 9. The maximum atomic E-state index is 10.7. The fraction of sp³-hybridized carbons (Fsp3) is 0.727. The van der Waals surface area contributed by atoms with E-state index in [9.17, 15) is 9.59 Å². The van der Waals surface area contributed by atoms with Crippen LogP contribution in [0.15, 0.2) is 0 Å². The molecule has 0 aromatic rings. The van der Waals surface area contributed by atoms with Gasteiger partial charge in [0.1, 0.15) is 6.04 Å². The second kappa shape index (κ2) is 11.1. The fourth-order valence-corrected chi connectivity index (χ4v) is 0.980. The molecule has 0 amide bonds. The van der Waals surface area contributed by atoms with Crippen LogP contribution in [0.25, 0.3) is 0 Å². The van der Waals surface area contributed by atoms with Gasteiger partial charge in [0.25, 0.3) is 0 Å². The van der Waals surface area contributed by atoms with Crippen molar-refractivity contribution in [3.05, 3.63) is 0 Å². The first-order valence-corrected chi connectivity index (χ1v) is 6.01. The van der Waals surface area contributed by atoms with Gasteiger partial charge in [0, 0.05) is 0 Å². The molecule has 1 saturated heterocycles. The van der Waals surface area contributed by atoms with E-state index in [1.54, 1.807) is 13.8 Å². The number of hydrogen-bond donors (Lipinski definition) is 1. The van der Waals surface area contributed by atoms with Crippen molar-refractivity contribution in [1.29, 1.82) is 5.26 Å². The van der Waals surface area contributed by atoms with Crippen LogP contribution < -0.4 is 5.90 Å². The third kappa shape index (κ3) is 9.23. The molecule has 0 radical (unpaired) electrons. The van der Waals surface area contributed by atoms with E-state index in [1.807, 2.05) is 6.07 Å². The molecular formula is C11H19N3O6. The molecule has 1 aliphatic rings. The summed E-state index contributed by atoms with van der Waals surface area (Å²) in [6, 6.07) is 1.81. The number of carbonyl (C=O) groups is 2. The first-order chi connectivity index (χ1) is 9.58. The maximum Gasteiger partial charge on any atom is 0.334 e. The topological polar surface area (TPSA) is 124 Å². The summed E-state index contributed by atoms with van der Waals surface area (Å²) in [4.78, 5) is 29.8. The molecule has 2 N–H and O–H groups in total. The van der Waals surface area contributed by atoms with Gasteiger partial charge in [0.05, 0.1) is 25.8 Å². The van der Waals surface area contributed by atoms with E-state index in [1.165, 1.54) is 5.06 Å². The summed E-state index contributed by atoms with van der Waals surface area (Å²) >= 11 is 0. The molecule has 9 nitrogen and oxygen atoms in total. The van der Waals surface area contributed by atoms with E-state index >= 15 is 0 Å². The first-order valence-electron chi connectivity index (χ1n) is 6.01. The Morgan fingerprint density at radius 3 is 2.20 bits per heavy atom. The number of hydroxylamine groups is 2. The van der Waals surface area contributed by atoms with E-state index < -0.39 is 11.9 Å². The van der Waals surface area contributed by atoms with E-state index in [-0.39, 0.29) is 19.3 Å². The van der Waals surface area contributed by atoms with Crippen LogP contribution in [0.2, 0.25) is 0 Å². The summed E-state index contributed by atoms with van der Waals surface area (Å²) in [5.74, 6) is 3.72. The van der Waals surface area contributed by atoms with E-state index in [0.717, 1.165) is 0 Å². The molecule has 0 aliphatic carbocycles. The van der Waals surface area contributed by atoms with E-state index in [2.05, 4.69) is 20.2 Å². The largest absolute Gasteiger partial charge is 0.464 e. The highest BCUT2D eigenvalue weighted by molar-refractivity contribution is 5.70.